The Bertz CT molecular complexity index is 833. The first kappa shape index (κ1) is 18.9. The number of amides is 1. The molecule has 1 aromatic carbocycles. The highest BCUT2D eigenvalue weighted by molar-refractivity contribution is 7.80. The molecule has 0 aliphatic heterocycles. The van der Waals surface area contributed by atoms with Crippen LogP contribution in [-0.4, -0.2) is 17.1 Å². The van der Waals surface area contributed by atoms with Gasteiger partial charge < -0.3 is 10.1 Å². The zero-order valence-electron chi connectivity index (χ0n) is 14.5. The number of rotatable bonds is 4. The van der Waals surface area contributed by atoms with E-state index in [2.05, 4.69) is 16.7 Å². The number of hydrogen-bond acceptors (Lipinski definition) is 5. The molecule has 1 aromatic heterocycles. The maximum atomic E-state index is 12.3. The van der Waals surface area contributed by atoms with E-state index < -0.39 is 0 Å². The number of anilines is 1. The van der Waals surface area contributed by atoms with Crippen LogP contribution in [0.4, 0.5) is 5.00 Å². The molecule has 2 aromatic rings. The number of nitrogens with one attached hydrogen (secondary N) is 2. The maximum Gasteiger partial charge on any atom is 0.257 e. The molecule has 0 saturated heterocycles. The van der Waals surface area contributed by atoms with Crippen molar-refractivity contribution in [1.29, 1.82) is 5.26 Å². The molecule has 1 heterocycles. The van der Waals surface area contributed by atoms with E-state index in [-0.39, 0.29) is 17.1 Å². The van der Waals surface area contributed by atoms with Crippen molar-refractivity contribution < 1.29 is 9.53 Å². The molecule has 0 spiro atoms. The Hall–Kier alpha value is -2.43. The van der Waals surface area contributed by atoms with Gasteiger partial charge in [-0.2, -0.15) is 5.26 Å². The van der Waals surface area contributed by atoms with E-state index >= 15 is 0 Å². The number of aryl methyl sites for hydroxylation is 1. The van der Waals surface area contributed by atoms with Crippen LogP contribution in [0.2, 0.25) is 0 Å². The lowest BCUT2D eigenvalue weighted by Gasteiger charge is -2.11. The highest BCUT2D eigenvalue weighted by Gasteiger charge is 2.15. The van der Waals surface area contributed by atoms with Gasteiger partial charge >= 0.3 is 0 Å². The molecule has 1 amide bonds. The molecular formula is C18H19N3O2S2. The maximum absolute atomic E-state index is 12.3. The van der Waals surface area contributed by atoms with E-state index in [1.807, 2.05) is 27.7 Å². The summed E-state index contributed by atoms with van der Waals surface area (Å²) in [4.78, 5) is 13.3. The van der Waals surface area contributed by atoms with Gasteiger partial charge in [0.25, 0.3) is 5.91 Å². The Kier molecular flexibility index (Phi) is 6.12. The molecule has 0 aliphatic rings. The third-order valence-electron chi connectivity index (χ3n) is 3.44. The smallest absolute Gasteiger partial charge is 0.257 e. The highest BCUT2D eigenvalue weighted by atomic mass is 32.1. The first-order chi connectivity index (χ1) is 11.8. The van der Waals surface area contributed by atoms with E-state index in [0.29, 0.717) is 21.9 Å². The standard InChI is InChI=1S/C18H19N3O2S2/c1-10(2)23-14-7-5-13(6-8-14)16(22)20-18(24)21-17-15(9-19)11(3)12(4)25-17/h5-8,10H,1-4H3,(H2,20,21,22,24). The third-order valence-corrected chi connectivity index (χ3v) is 4.77. The normalized spacial score (nSPS) is 10.2. The van der Waals surface area contributed by atoms with E-state index in [0.717, 1.165) is 10.4 Å². The van der Waals surface area contributed by atoms with Gasteiger partial charge in [-0.1, -0.05) is 0 Å². The second-order valence-electron chi connectivity index (χ2n) is 5.70. The first-order valence-electron chi connectivity index (χ1n) is 7.71. The zero-order chi connectivity index (χ0) is 18.6. The molecule has 5 nitrogen and oxygen atoms in total. The Labute approximate surface area is 156 Å². The summed E-state index contributed by atoms with van der Waals surface area (Å²) in [5, 5.41) is 15.6. The van der Waals surface area contributed by atoms with Crippen molar-refractivity contribution >= 4 is 39.6 Å². The Balaban J connectivity index is 2.02. The lowest BCUT2D eigenvalue weighted by Crippen LogP contribution is -2.34. The largest absolute Gasteiger partial charge is 0.491 e. The van der Waals surface area contributed by atoms with Gasteiger partial charge in [-0.15, -0.1) is 11.3 Å². The van der Waals surface area contributed by atoms with Gasteiger partial charge in [-0.05, 0) is 69.7 Å². The average molecular weight is 374 g/mol. The molecule has 0 aliphatic carbocycles. The summed E-state index contributed by atoms with van der Waals surface area (Å²) in [6.45, 7) is 7.70. The van der Waals surface area contributed by atoms with Crippen molar-refractivity contribution in [2.75, 3.05) is 5.32 Å². The monoisotopic (exact) mass is 373 g/mol. The van der Waals surface area contributed by atoms with Gasteiger partial charge in [-0.25, -0.2) is 0 Å². The minimum Gasteiger partial charge on any atom is -0.491 e. The Morgan fingerprint density at radius 3 is 2.48 bits per heavy atom. The topological polar surface area (TPSA) is 74.2 Å². The fourth-order valence-corrected chi connectivity index (χ4v) is 3.39. The van der Waals surface area contributed by atoms with Crippen LogP contribution in [0.3, 0.4) is 0 Å². The molecule has 2 N–H and O–H groups in total. The van der Waals surface area contributed by atoms with Gasteiger partial charge in [-0.3, -0.25) is 10.1 Å². The van der Waals surface area contributed by atoms with E-state index in [4.69, 9.17) is 17.0 Å². The quantitative estimate of drug-likeness (QED) is 0.788. The Morgan fingerprint density at radius 1 is 1.28 bits per heavy atom. The van der Waals surface area contributed by atoms with Crippen LogP contribution < -0.4 is 15.4 Å². The average Bonchev–Trinajstić information content (AvgIpc) is 2.80. The third kappa shape index (κ3) is 4.78. The molecule has 2 rings (SSSR count). The molecule has 0 saturated carbocycles. The SMILES string of the molecule is Cc1sc(NC(=S)NC(=O)c2ccc(OC(C)C)cc2)c(C#N)c1C. The van der Waals surface area contributed by atoms with Crippen LogP contribution in [0.5, 0.6) is 5.75 Å². The summed E-state index contributed by atoms with van der Waals surface area (Å²) in [5.74, 6) is 0.382. The van der Waals surface area contributed by atoms with Gasteiger partial charge in [0.1, 0.15) is 16.8 Å². The number of nitrogens with zero attached hydrogens (tertiary/aromatic N) is 1. The highest BCUT2D eigenvalue weighted by Crippen LogP contribution is 2.31. The molecule has 25 heavy (non-hydrogen) atoms. The van der Waals surface area contributed by atoms with Gasteiger partial charge in [0.15, 0.2) is 5.11 Å². The molecule has 0 radical (unpaired) electrons. The second-order valence-corrected chi connectivity index (χ2v) is 7.33. The minimum atomic E-state index is -0.322. The summed E-state index contributed by atoms with van der Waals surface area (Å²) in [6.07, 6.45) is 0.0727. The molecule has 0 atom stereocenters. The van der Waals surface area contributed by atoms with Crippen molar-refractivity contribution in [2.24, 2.45) is 0 Å². The number of hydrogen-bond donors (Lipinski definition) is 2. The predicted molar refractivity (Wildman–Crippen MR) is 104 cm³/mol. The summed E-state index contributed by atoms with van der Waals surface area (Å²) < 4.78 is 5.55. The van der Waals surface area contributed by atoms with Crippen LogP contribution >= 0.6 is 23.6 Å². The molecule has 0 fully saturated rings. The van der Waals surface area contributed by atoms with E-state index in [1.54, 1.807) is 24.3 Å². The summed E-state index contributed by atoms with van der Waals surface area (Å²) >= 11 is 6.62. The number of benzene rings is 1. The van der Waals surface area contributed by atoms with E-state index in [1.165, 1.54) is 11.3 Å². The molecule has 0 bridgehead atoms. The number of thiocarbonyl (C=S) groups is 1. The van der Waals surface area contributed by atoms with Crippen LogP contribution in [0.25, 0.3) is 0 Å². The van der Waals surface area contributed by atoms with Crippen LogP contribution in [0.1, 0.15) is 40.2 Å². The number of thiophene rings is 1. The molecular weight excluding hydrogens is 354 g/mol. The number of carbonyl (C=O) groups is 1. The molecule has 0 unspecified atom stereocenters. The number of ether oxygens (including phenoxy) is 1. The fraction of sp³-hybridized carbons (Fsp3) is 0.278. The second kappa shape index (κ2) is 8.10. The fourth-order valence-electron chi connectivity index (χ4n) is 2.12. The summed E-state index contributed by atoms with van der Waals surface area (Å²) in [7, 11) is 0. The van der Waals surface area contributed by atoms with Crippen molar-refractivity contribution in [2.45, 2.75) is 33.8 Å². The van der Waals surface area contributed by atoms with Crippen molar-refractivity contribution in [3.05, 3.63) is 45.8 Å². The van der Waals surface area contributed by atoms with E-state index in [9.17, 15) is 10.1 Å². The van der Waals surface area contributed by atoms with Gasteiger partial charge in [0.05, 0.1) is 11.7 Å². The van der Waals surface area contributed by atoms with Crippen LogP contribution in [0.15, 0.2) is 24.3 Å². The lowest BCUT2D eigenvalue weighted by molar-refractivity contribution is 0.0977. The molecule has 7 heteroatoms. The van der Waals surface area contributed by atoms with Gasteiger partial charge in [0, 0.05) is 10.4 Å². The summed E-state index contributed by atoms with van der Waals surface area (Å²) in [5.41, 5.74) is 1.94. The van der Waals surface area contributed by atoms with Crippen LogP contribution in [-0.2, 0) is 0 Å². The predicted octanol–water partition coefficient (Wildman–Crippen LogP) is 4.15. The Morgan fingerprint density at radius 2 is 1.92 bits per heavy atom. The zero-order valence-corrected chi connectivity index (χ0v) is 16.1. The first-order valence-corrected chi connectivity index (χ1v) is 8.93. The van der Waals surface area contributed by atoms with Crippen molar-refractivity contribution in [3.8, 4) is 11.8 Å². The minimum absolute atomic E-state index is 0.0727. The summed E-state index contributed by atoms with van der Waals surface area (Å²) in [6, 6.07) is 8.99. The van der Waals surface area contributed by atoms with Crippen molar-refractivity contribution in [3.63, 3.8) is 0 Å². The number of carbonyl (C=O) groups excluding carboxylic acids is 1. The molecule has 130 valence electrons. The lowest BCUT2D eigenvalue weighted by atomic mass is 10.2. The van der Waals surface area contributed by atoms with Crippen molar-refractivity contribution in [1.82, 2.24) is 5.32 Å². The van der Waals surface area contributed by atoms with Gasteiger partial charge in [0.2, 0.25) is 0 Å². The van der Waals surface area contributed by atoms with Crippen LogP contribution in [0, 0.1) is 25.2 Å². The number of nitriles is 1.